The van der Waals surface area contributed by atoms with Crippen molar-refractivity contribution in [2.24, 2.45) is 17.3 Å². The van der Waals surface area contributed by atoms with Gasteiger partial charge in [-0.1, -0.05) is 37.1 Å². The Morgan fingerprint density at radius 1 is 1.47 bits per heavy atom. The van der Waals surface area contributed by atoms with Crippen LogP contribution < -0.4 is 0 Å². The summed E-state index contributed by atoms with van der Waals surface area (Å²) in [6, 6.07) is 0. The van der Waals surface area contributed by atoms with Crippen molar-refractivity contribution < 1.29 is 0 Å². The summed E-state index contributed by atoms with van der Waals surface area (Å²) in [5.41, 5.74) is 3.81. The van der Waals surface area contributed by atoms with E-state index in [9.17, 15) is 0 Å². The molecule has 0 unspecified atom stereocenters. The zero-order valence-electron chi connectivity index (χ0n) is 10.6. The number of hydrogen-bond acceptors (Lipinski definition) is 0. The summed E-state index contributed by atoms with van der Waals surface area (Å²) in [6.07, 6.45) is 10.3. The summed E-state index contributed by atoms with van der Waals surface area (Å²) >= 11 is 0. The van der Waals surface area contributed by atoms with E-state index in [0.29, 0.717) is 5.41 Å². The molecule has 0 saturated heterocycles. The van der Waals surface area contributed by atoms with E-state index in [1.54, 1.807) is 5.57 Å². The topological polar surface area (TPSA) is 0 Å². The molecule has 0 aliphatic heterocycles. The van der Waals surface area contributed by atoms with Crippen molar-refractivity contribution in [1.82, 2.24) is 0 Å². The van der Waals surface area contributed by atoms with Crippen molar-refractivity contribution in [2.45, 2.75) is 53.4 Å². The first-order valence-corrected chi connectivity index (χ1v) is 6.34. The van der Waals surface area contributed by atoms with E-state index >= 15 is 0 Å². The molecule has 3 rings (SSSR count). The lowest BCUT2D eigenvalue weighted by Crippen LogP contribution is -2.47. The fraction of sp³-hybridized carbons (Fsp3) is 0.733. The zero-order valence-corrected chi connectivity index (χ0v) is 10.6. The summed E-state index contributed by atoms with van der Waals surface area (Å²) in [5, 5.41) is 0. The Morgan fingerprint density at radius 3 is 2.73 bits per heavy atom. The molecule has 0 aromatic carbocycles. The van der Waals surface area contributed by atoms with Gasteiger partial charge in [0.15, 0.2) is 0 Å². The molecule has 0 radical (unpaired) electrons. The summed E-state index contributed by atoms with van der Waals surface area (Å²) in [5.74, 6) is 1.89. The molecule has 2 bridgehead atoms. The maximum Gasteiger partial charge on any atom is -0.0146 e. The van der Waals surface area contributed by atoms with Crippen molar-refractivity contribution in [2.75, 3.05) is 0 Å². The van der Waals surface area contributed by atoms with Crippen molar-refractivity contribution in [3.8, 4) is 0 Å². The van der Waals surface area contributed by atoms with Gasteiger partial charge in [-0.15, -0.1) is 0 Å². The largest absolute Gasteiger partial charge is 0.0856 e. The van der Waals surface area contributed by atoms with E-state index in [0.717, 1.165) is 11.8 Å². The molecule has 2 atom stereocenters. The van der Waals surface area contributed by atoms with Crippen LogP contribution in [0.5, 0.6) is 0 Å². The van der Waals surface area contributed by atoms with Crippen molar-refractivity contribution in [3.05, 3.63) is 23.3 Å². The molecule has 0 heterocycles. The van der Waals surface area contributed by atoms with E-state index in [4.69, 9.17) is 0 Å². The molecule has 84 valence electrons. The Morgan fingerprint density at radius 2 is 2.20 bits per heavy atom. The highest BCUT2D eigenvalue weighted by Crippen LogP contribution is 2.59. The smallest absolute Gasteiger partial charge is 0.0146 e. The molecule has 0 aromatic rings. The fourth-order valence-electron chi connectivity index (χ4n) is 3.28. The van der Waals surface area contributed by atoms with Crippen LogP contribution in [0.1, 0.15) is 53.4 Å². The first kappa shape index (κ1) is 11.0. The van der Waals surface area contributed by atoms with Gasteiger partial charge < -0.3 is 0 Å². The standard InChI is InChI=1S/C15H24/c1-11(2)6-5-7-12-8-9-13-10-14(12)15(13,3)4/h6,8,13-14H,5,7,9-10H2,1-4H3/t13-,14+/m1/s1. The minimum absolute atomic E-state index is 0.606. The van der Waals surface area contributed by atoms with Crippen molar-refractivity contribution in [1.29, 1.82) is 0 Å². The fourth-order valence-corrected chi connectivity index (χ4v) is 3.28. The van der Waals surface area contributed by atoms with Gasteiger partial charge in [0.05, 0.1) is 0 Å². The molecule has 3 aliphatic carbocycles. The Bertz CT molecular complexity index is 300. The average Bonchev–Trinajstić information content (AvgIpc) is 2.17. The molecule has 0 spiro atoms. The molecular weight excluding hydrogens is 180 g/mol. The van der Waals surface area contributed by atoms with Gasteiger partial charge in [0, 0.05) is 0 Å². The van der Waals surface area contributed by atoms with E-state index in [1.807, 2.05) is 0 Å². The van der Waals surface area contributed by atoms with Crippen LogP contribution in [0.2, 0.25) is 0 Å². The zero-order chi connectivity index (χ0) is 11.1. The van der Waals surface area contributed by atoms with E-state index in [1.165, 1.54) is 31.3 Å². The van der Waals surface area contributed by atoms with Crippen LogP contribution in [-0.4, -0.2) is 0 Å². The summed E-state index contributed by atoms with van der Waals surface area (Å²) < 4.78 is 0. The summed E-state index contributed by atoms with van der Waals surface area (Å²) in [6.45, 7) is 9.30. The van der Waals surface area contributed by atoms with Gasteiger partial charge in [0.2, 0.25) is 0 Å². The molecule has 0 N–H and O–H groups in total. The van der Waals surface area contributed by atoms with Crippen LogP contribution in [0.4, 0.5) is 0 Å². The lowest BCUT2D eigenvalue weighted by Gasteiger charge is -2.56. The van der Waals surface area contributed by atoms with Gasteiger partial charge in [0.25, 0.3) is 0 Å². The minimum atomic E-state index is 0.606. The van der Waals surface area contributed by atoms with Gasteiger partial charge in [-0.3, -0.25) is 0 Å². The highest BCUT2D eigenvalue weighted by molar-refractivity contribution is 5.23. The Kier molecular flexibility index (Phi) is 2.79. The lowest BCUT2D eigenvalue weighted by molar-refractivity contribution is -0.00811. The second-order valence-electron chi connectivity index (χ2n) is 6.14. The van der Waals surface area contributed by atoms with Crippen LogP contribution in [0, 0.1) is 17.3 Å². The van der Waals surface area contributed by atoms with Crippen LogP contribution >= 0.6 is 0 Å². The quantitative estimate of drug-likeness (QED) is 0.583. The summed E-state index contributed by atoms with van der Waals surface area (Å²) in [4.78, 5) is 0. The molecule has 0 heteroatoms. The van der Waals surface area contributed by atoms with Crippen LogP contribution in [0.25, 0.3) is 0 Å². The van der Waals surface area contributed by atoms with Gasteiger partial charge >= 0.3 is 0 Å². The molecule has 0 aromatic heterocycles. The SMILES string of the molecule is CC(C)=CCCC1=CC[C@@H]2C[C@@H]1C2(C)C. The highest BCUT2D eigenvalue weighted by Gasteiger charge is 2.50. The third-order valence-corrected chi connectivity index (χ3v) is 4.57. The molecule has 1 saturated carbocycles. The second-order valence-corrected chi connectivity index (χ2v) is 6.14. The van der Waals surface area contributed by atoms with Gasteiger partial charge in [-0.05, 0) is 56.8 Å². The Labute approximate surface area is 94.5 Å². The Balaban J connectivity index is 1.94. The number of rotatable bonds is 3. The second kappa shape index (κ2) is 3.81. The van der Waals surface area contributed by atoms with Crippen LogP contribution in [0.3, 0.4) is 0 Å². The first-order valence-electron chi connectivity index (χ1n) is 6.34. The molecule has 15 heavy (non-hydrogen) atoms. The highest BCUT2D eigenvalue weighted by atomic mass is 14.5. The third kappa shape index (κ3) is 1.91. The first-order chi connectivity index (χ1) is 7.01. The van der Waals surface area contributed by atoms with Gasteiger partial charge in [0.1, 0.15) is 0 Å². The Hall–Kier alpha value is -0.520. The lowest BCUT2D eigenvalue weighted by atomic mass is 9.48. The van der Waals surface area contributed by atoms with Crippen molar-refractivity contribution in [3.63, 3.8) is 0 Å². The maximum atomic E-state index is 2.53. The molecule has 3 aliphatic rings. The van der Waals surface area contributed by atoms with E-state index < -0.39 is 0 Å². The molecule has 0 amide bonds. The van der Waals surface area contributed by atoms with Crippen molar-refractivity contribution >= 4 is 0 Å². The van der Waals surface area contributed by atoms with Crippen LogP contribution in [0.15, 0.2) is 23.3 Å². The monoisotopic (exact) mass is 204 g/mol. The molecule has 0 nitrogen and oxygen atoms in total. The third-order valence-electron chi connectivity index (χ3n) is 4.57. The van der Waals surface area contributed by atoms with E-state index in [2.05, 4.69) is 39.8 Å². The average molecular weight is 204 g/mol. The predicted molar refractivity (Wildman–Crippen MR) is 66.7 cm³/mol. The predicted octanol–water partition coefficient (Wildman–Crippen LogP) is 4.73. The van der Waals surface area contributed by atoms with Crippen LogP contribution in [-0.2, 0) is 0 Å². The minimum Gasteiger partial charge on any atom is -0.0856 e. The summed E-state index contributed by atoms with van der Waals surface area (Å²) in [7, 11) is 0. The molecular formula is C15H24. The van der Waals surface area contributed by atoms with E-state index in [-0.39, 0.29) is 0 Å². The molecule has 1 fully saturated rings. The maximum absolute atomic E-state index is 2.53. The number of fused-ring (bicyclic) bond motifs is 1. The normalized spacial score (nSPS) is 31.6. The van der Waals surface area contributed by atoms with Gasteiger partial charge in [-0.25, -0.2) is 0 Å². The van der Waals surface area contributed by atoms with Gasteiger partial charge in [-0.2, -0.15) is 0 Å². The number of allylic oxidation sites excluding steroid dienone is 4. The number of hydrogen-bond donors (Lipinski definition) is 0.